The molecule has 0 saturated heterocycles. The molecule has 0 spiro atoms. The van der Waals surface area contributed by atoms with Crippen LogP contribution in [0.3, 0.4) is 0 Å². The number of carbonyl (C=O) groups is 4. The van der Waals surface area contributed by atoms with Crippen LogP contribution in [0.1, 0.15) is 72.6 Å². The fourth-order valence-electron chi connectivity index (χ4n) is 4.35. The molecule has 312 valence electrons. The summed E-state index contributed by atoms with van der Waals surface area (Å²) in [7, 11) is 0. The van der Waals surface area contributed by atoms with E-state index in [0.29, 0.717) is 138 Å². The van der Waals surface area contributed by atoms with Gasteiger partial charge >= 0.3 is 5.97 Å². The van der Waals surface area contributed by atoms with E-state index >= 15 is 0 Å². The second-order valence-electron chi connectivity index (χ2n) is 12.9. The Morgan fingerprint density at radius 3 is 1.21 bits per heavy atom. The first-order chi connectivity index (χ1) is 25.6. The molecule has 3 N–H and O–H groups in total. The second-order valence-corrected chi connectivity index (χ2v) is 12.9. The Kier molecular flexibility index (Phi) is 36.4. The first-order valence-electron chi connectivity index (χ1n) is 19.1. The van der Waals surface area contributed by atoms with E-state index in [1.807, 2.05) is 13.8 Å². The van der Waals surface area contributed by atoms with Crippen molar-refractivity contribution in [2.45, 2.75) is 78.7 Å². The summed E-state index contributed by atoms with van der Waals surface area (Å²) in [6.45, 7) is 15.8. The van der Waals surface area contributed by atoms with E-state index in [1.165, 1.54) is 0 Å². The van der Waals surface area contributed by atoms with E-state index < -0.39 is 12.0 Å². The minimum absolute atomic E-state index is 0.0112. The van der Waals surface area contributed by atoms with E-state index in [9.17, 15) is 19.2 Å². The van der Waals surface area contributed by atoms with Crippen LogP contribution >= 0.6 is 0 Å². The first kappa shape index (κ1) is 50.7. The molecule has 2 amide bonds. The number of rotatable bonds is 41. The second kappa shape index (κ2) is 38.0. The van der Waals surface area contributed by atoms with Gasteiger partial charge in [0.15, 0.2) is 5.78 Å². The Morgan fingerprint density at radius 2 is 0.849 bits per heavy atom. The lowest BCUT2D eigenvalue weighted by atomic mass is 9.96. The summed E-state index contributed by atoms with van der Waals surface area (Å²) in [5, 5.41) is 14.3. The normalized spacial score (nSPS) is 12.0. The molecular weight excluding hydrogens is 696 g/mol. The lowest BCUT2D eigenvalue weighted by Gasteiger charge is -2.20. The summed E-state index contributed by atoms with van der Waals surface area (Å²) in [6.07, 6.45) is 3.47. The maximum atomic E-state index is 12.5. The van der Waals surface area contributed by atoms with Crippen LogP contribution in [0.5, 0.6) is 0 Å². The Balaban J connectivity index is 3.42. The molecule has 1 atom stereocenters. The van der Waals surface area contributed by atoms with E-state index in [2.05, 4.69) is 24.5 Å². The van der Waals surface area contributed by atoms with Gasteiger partial charge in [-0.2, -0.15) is 0 Å². The van der Waals surface area contributed by atoms with Crippen molar-refractivity contribution >= 4 is 23.6 Å². The number of amides is 2. The van der Waals surface area contributed by atoms with Gasteiger partial charge in [-0.3, -0.25) is 19.2 Å². The van der Waals surface area contributed by atoms with Crippen LogP contribution < -0.4 is 10.6 Å². The van der Waals surface area contributed by atoms with Crippen molar-refractivity contribution in [3.05, 3.63) is 0 Å². The first-order valence-corrected chi connectivity index (χ1v) is 19.1. The van der Waals surface area contributed by atoms with Crippen LogP contribution in [0.25, 0.3) is 0 Å². The van der Waals surface area contributed by atoms with Crippen molar-refractivity contribution in [2.24, 2.45) is 11.8 Å². The predicted octanol–water partition coefficient (Wildman–Crippen LogP) is 2.43. The van der Waals surface area contributed by atoms with Crippen LogP contribution in [0.15, 0.2) is 0 Å². The van der Waals surface area contributed by atoms with Crippen LogP contribution in [0.2, 0.25) is 0 Å². The molecule has 0 aromatic rings. The average molecular weight is 767 g/mol. The monoisotopic (exact) mass is 766 g/mol. The van der Waals surface area contributed by atoms with Crippen molar-refractivity contribution in [2.75, 3.05) is 125 Å². The molecule has 0 unspecified atom stereocenters. The van der Waals surface area contributed by atoms with Crippen molar-refractivity contribution in [3.8, 4) is 0 Å². The fraction of sp³-hybridized carbons (Fsp3) is 0.892. The molecule has 0 heterocycles. The smallest absolute Gasteiger partial charge is 0.305 e. The van der Waals surface area contributed by atoms with Crippen molar-refractivity contribution < 1.29 is 66.9 Å². The summed E-state index contributed by atoms with van der Waals surface area (Å²) >= 11 is 0. The molecule has 0 rings (SSSR count). The van der Waals surface area contributed by atoms with Gasteiger partial charge in [-0.05, 0) is 31.6 Å². The van der Waals surface area contributed by atoms with Gasteiger partial charge < -0.3 is 58.4 Å². The van der Waals surface area contributed by atoms with Crippen LogP contribution in [-0.4, -0.2) is 160 Å². The number of ketones is 1. The Hall–Kier alpha value is -2.28. The number of carboxylic acid groups (broad SMARTS) is 1. The Morgan fingerprint density at radius 1 is 0.472 bits per heavy atom. The summed E-state index contributed by atoms with van der Waals surface area (Å²) in [6, 6.07) is -0.479. The number of ether oxygens (including phenoxy) is 9. The highest BCUT2D eigenvalue weighted by molar-refractivity contribution is 5.90. The number of hydrogen-bond donors (Lipinski definition) is 3. The third-order valence-electron chi connectivity index (χ3n) is 7.35. The van der Waals surface area contributed by atoms with Crippen molar-refractivity contribution in [3.63, 3.8) is 0 Å². The van der Waals surface area contributed by atoms with Crippen molar-refractivity contribution in [1.82, 2.24) is 10.6 Å². The Labute approximate surface area is 316 Å². The van der Waals surface area contributed by atoms with Crippen LogP contribution in [-0.2, 0) is 61.8 Å². The highest BCUT2D eigenvalue weighted by Crippen LogP contribution is 2.10. The molecule has 0 fully saturated rings. The maximum absolute atomic E-state index is 12.5. The number of nitrogens with one attached hydrogen (secondary N) is 2. The average Bonchev–Trinajstić information content (AvgIpc) is 3.12. The van der Waals surface area contributed by atoms with E-state index in [-0.39, 0.29) is 43.0 Å². The van der Waals surface area contributed by atoms with Gasteiger partial charge in [0.1, 0.15) is 0 Å². The number of aliphatic carboxylic acids is 1. The molecule has 16 heteroatoms. The quantitative estimate of drug-likeness (QED) is 0.0768. The largest absolute Gasteiger partial charge is 0.481 e. The highest BCUT2D eigenvalue weighted by Gasteiger charge is 2.22. The molecular formula is C37H70N2O14. The van der Waals surface area contributed by atoms with E-state index in [0.717, 1.165) is 19.3 Å². The minimum atomic E-state index is -0.882. The standard InChI is InChI=1S/C37H70N2O14/c1-31(2)8-9-35(41)39-33(37(44)32(3)4)7-5-6-12-38-34(40)10-13-45-15-17-47-19-21-49-23-25-51-27-29-53-30-28-52-26-24-50-22-20-48-18-16-46-14-11-36(42)43/h31-33H,5-30H2,1-4H3,(H,38,40)(H,39,41)(H,42,43)/t33-/m0/s1. The number of carboxylic acids is 1. The zero-order valence-corrected chi connectivity index (χ0v) is 32.9. The van der Waals surface area contributed by atoms with Gasteiger partial charge in [0, 0.05) is 25.3 Å². The maximum Gasteiger partial charge on any atom is 0.305 e. The molecule has 53 heavy (non-hydrogen) atoms. The lowest BCUT2D eigenvalue weighted by Crippen LogP contribution is -2.42. The summed E-state index contributed by atoms with van der Waals surface area (Å²) in [4.78, 5) is 47.2. The molecule has 0 aliphatic rings. The minimum Gasteiger partial charge on any atom is -0.481 e. The third kappa shape index (κ3) is 37.8. The van der Waals surface area contributed by atoms with Gasteiger partial charge in [0.2, 0.25) is 11.8 Å². The molecule has 16 nitrogen and oxygen atoms in total. The lowest BCUT2D eigenvalue weighted by molar-refractivity contribution is -0.138. The molecule has 0 aliphatic carbocycles. The molecule has 0 aliphatic heterocycles. The third-order valence-corrected chi connectivity index (χ3v) is 7.35. The molecule has 0 radical (unpaired) electrons. The molecule has 0 saturated carbocycles. The topological polar surface area (TPSA) is 196 Å². The summed E-state index contributed by atoms with van der Waals surface area (Å²) in [5.74, 6) is -0.730. The zero-order chi connectivity index (χ0) is 39.2. The predicted molar refractivity (Wildman–Crippen MR) is 197 cm³/mol. The Bertz CT molecular complexity index is 894. The molecule has 0 aromatic heterocycles. The van der Waals surface area contributed by atoms with E-state index in [1.54, 1.807) is 0 Å². The number of unbranched alkanes of at least 4 members (excludes halogenated alkanes) is 1. The number of hydrogen-bond acceptors (Lipinski definition) is 13. The van der Waals surface area contributed by atoms with Gasteiger partial charge in [-0.15, -0.1) is 0 Å². The molecule has 0 bridgehead atoms. The fourth-order valence-corrected chi connectivity index (χ4v) is 4.35. The number of carbonyl (C=O) groups excluding carboxylic acids is 3. The number of Topliss-reactive ketones (excluding diaryl/α,β-unsaturated/α-hetero) is 1. The van der Waals surface area contributed by atoms with Crippen molar-refractivity contribution in [1.29, 1.82) is 0 Å². The van der Waals surface area contributed by atoms with Gasteiger partial charge in [-0.25, -0.2) is 0 Å². The van der Waals surface area contributed by atoms with Crippen LogP contribution in [0, 0.1) is 11.8 Å². The van der Waals surface area contributed by atoms with Gasteiger partial charge in [0.05, 0.1) is 131 Å². The van der Waals surface area contributed by atoms with E-state index in [4.69, 9.17) is 47.7 Å². The molecule has 0 aromatic carbocycles. The van der Waals surface area contributed by atoms with Gasteiger partial charge in [-0.1, -0.05) is 27.7 Å². The summed E-state index contributed by atoms with van der Waals surface area (Å²) in [5.41, 5.74) is 0. The van der Waals surface area contributed by atoms with Crippen LogP contribution in [0.4, 0.5) is 0 Å². The zero-order valence-electron chi connectivity index (χ0n) is 32.9. The SMILES string of the molecule is CC(C)CCC(=O)N[C@@H](CCCCNC(=O)CCOCCOCCOCCOCCOCCOCCOCCOCCOCCC(=O)O)C(=O)C(C)C. The highest BCUT2D eigenvalue weighted by atomic mass is 16.6. The van der Waals surface area contributed by atoms with Gasteiger partial charge in [0.25, 0.3) is 0 Å². The summed E-state index contributed by atoms with van der Waals surface area (Å²) < 4.78 is 48.6.